The molecular formula is C19H23N5O5. The zero-order chi connectivity index (χ0) is 20.8. The van der Waals surface area contributed by atoms with Crippen LogP contribution in [0.5, 0.6) is 0 Å². The molecule has 2 heterocycles. The average Bonchev–Trinajstić information content (AvgIpc) is 2.68. The van der Waals surface area contributed by atoms with Crippen LogP contribution in [0.1, 0.15) is 51.0 Å². The van der Waals surface area contributed by atoms with Crippen LogP contribution in [-0.2, 0) is 14.4 Å². The molecule has 2 aromatic rings. The highest BCUT2D eigenvalue weighted by atomic mass is 16.4. The molecule has 0 radical (unpaired) electrons. The van der Waals surface area contributed by atoms with Crippen molar-refractivity contribution in [3.63, 3.8) is 0 Å². The molecule has 3 N–H and O–H groups in total. The maximum absolute atomic E-state index is 13.0. The molecule has 0 saturated carbocycles. The maximum atomic E-state index is 13.0. The number of carbonyl (C=O) groups excluding carboxylic acids is 2. The van der Waals surface area contributed by atoms with Crippen LogP contribution in [0.25, 0.3) is 10.9 Å². The lowest BCUT2D eigenvalue weighted by Gasteiger charge is -2.21. The first kappa shape index (κ1) is 20.4. The third-order valence-corrected chi connectivity index (χ3v) is 4.85. The van der Waals surface area contributed by atoms with Crippen molar-refractivity contribution in [3.05, 3.63) is 28.6 Å². The number of carbonyl (C=O) groups is 3. The molecule has 0 bridgehead atoms. The van der Waals surface area contributed by atoms with Gasteiger partial charge in [-0.3, -0.25) is 24.5 Å². The van der Waals surface area contributed by atoms with Gasteiger partial charge in [0.2, 0.25) is 5.91 Å². The number of fused-ring (bicyclic) bond motifs is 1. The largest absolute Gasteiger partial charge is 0.481 e. The van der Waals surface area contributed by atoms with Gasteiger partial charge in [0.25, 0.3) is 11.5 Å². The van der Waals surface area contributed by atoms with Crippen LogP contribution in [-0.4, -0.2) is 44.4 Å². The van der Waals surface area contributed by atoms with Crippen molar-refractivity contribution in [2.75, 3.05) is 11.9 Å². The van der Waals surface area contributed by atoms with E-state index in [-0.39, 0.29) is 25.2 Å². The molecule has 1 unspecified atom stereocenters. The number of unbranched alkanes of at least 4 members (excludes halogenated alkanes) is 3. The van der Waals surface area contributed by atoms with E-state index in [9.17, 15) is 19.2 Å². The quantitative estimate of drug-likeness (QED) is 0.420. The molecule has 10 heteroatoms. The van der Waals surface area contributed by atoms with E-state index in [4.69, 9.17) is 5.11 Å². The second kappa shape index (κ2) is 9.26. The molecule has 1 aromatic heterocycles. The van der Waals surface area contributed by atoms with Gasteiger partial charge in [0, 0.05) is 25.1 Å². The number of aliphatic carboxylic acids is 1. The second-order valence-corrected chi connectivity index (χ2v) is 6.99. The summed E-state index contributed by atoms with van der Waals surface area (Å²) in [5, 5.41) is 22.4. The van der Waals surface area contributed by atoms with Gasteiger partial charge in [0.05, 0.1) is 5.39 Å². The van der Waals surface area contributed by atoms with Crippen molar-refractivity contribution in [1.29, 1.82) is 0 Å². The van der Waals surface area contributed by atoms with E-state index in [1.807, 2.05) is 0 Å². The molecular weight excluding hydrogens is 378 g/mol. The number of nitrogens with one attached hydrogen (secondary N) is 2. The minimum Gasteiger partial charge on any atom is -0.481 e. The Morgan fingerprint density at radius 1 is 1.21 bits per heavy atom. The molecule has 10 nitrogen and oxygen atoms in total. The van der Waals surface area contributed by atoms with E-state index >= 15 is 0 Å². The Morgan fingerprint density at radius 3 is 2.76 bits per heavy atom. The second-order valence-electron chi connectivity index (χ2n) is 6.99. The summed E-state index contributed by atoms with van der Waals surface area (Å²) in [5.74, 6) is -1.70. The highest BCUT2D eigenvalue weighted by molar-refractivity contribution is 5.99. The topological polar surface area (TPSA) is 143 Å². The standard InChI is InChI=1S/C19H23N5O5/c25-15-10-9-14(18(28)21-15)24-19(29)17-12(6-5-7-13(17)22-23-24)20-11-4-2-1-3-8-16(26)27/h5-7,14,20H,1-4,8-11H2,(H,26,27)(H,21,25,28). The predicted octanol–water partition coefficient (Wildman–Crippen LogP) is 1.22. The van der Waals surface area contributed by atoms with Crippen LogP contribution in [0.2, 0.25) is 0 Å². The monoisotopic (exact) mass is 401 g/mol. The van der Waals surface area contributed by atoms with E-state index in [2.05, 4.69) is 20.9 Å². The molecule has 1 aliphatic heterocycles. The summed E-state index contributed by atoms with van der Waals surface area (Å²) in [6.45, 7) is 0.617. The lowest BCUT2D eigenvalue weighted by molar-refractivity contribution is -0.138. The number of hydrogen-bond donors (Lipinski definition) is 3. The number of nitrogens with zero attached hydrogens (tertiary/aromatic N) is 3. The van der Waals surface area contributed by atoms with Crippen LogP contribution in [0.4, 0.5) is 5.69 Å². The van der Waals surface area contributed by atoms with Gasteiger partial charge in [-0.05, 0) is 31.4 Å². The van der Waals surface area contributed by atoms with Crippen molar-refractivity contribution in [1.82, 2.24) is 20.3 Å². The number of benzene rings is 1. The Bertz CT molecular complexity index is 987. The normalized spacial score (nSPS) is 16.6. The van der Waals surface area contributed by atoms with Gasteiger partial charge in [-0.1, -0.05) is 24.1 Å². The number of amides is 2. The van der Waals surface area contributed by atoms with Crippen LogP contribution < -0.4 is 16.2 Å². The molecule has 29 heavy (non-hydrogen) atoms. The van der Waals surface area contributed by atoms with Crippen molar-refractivity contribution in [3.8, 4) is 0 Å². The van der Waals surface area contributed by atoms with E-state index in [0.29, 0.717) is 29.6 Å². The molecule has 1 aromatic carbocycles. The van der Waals surface area contributed by atoms with E-state index in [1.54, 1.807) is 18.2 Å². The number of anilines is 1. The molecule has 0 aliphatic carbocycles. The Kier molecular flexibility index (Phi) is 6.53. The number of hydrogen-bond acceptors (Lipinski definition) is 7. The fourth-order valence-corrected chi connectivity index (χ4v) is 3.34. The minimum atomic E-state index is -0.862. The minimum absolute atomic E-state index is 0.143. The Morgan fingerprint density at radius 2 is 2.00 bits per heavy atom. The Balaban J connectivity index is 1.72. The van der Waals surface area contributed by atoms with E-state index in [0.717, 1.165) is 23.9 Å². The zero-order valence-corrected chi connectivity index (χ0v) is 15.9. The van der Waals surface area contributed by atoms with Gasteiger partial charge in [-0.25, -0.2) is 0 Å². The number of carboxylic acid groups (broad SMARTS) is 1. The lowest BCUT2D eigenvalue weighted by Crippen LogP contribution is -2.45. The molecule has 0 spiro atoms. The SMILES string of the molecule is O=C(O)CCCCCCNc1cccc2nnn(C3CCC(=O)NC3=O)c(=O)c12. The molecule has 154 valence electrons. The van der Waals surface area contributed by atoms with Gasteiger partial charge in [0.1, 0.15) is 11.6 Å². The van der Waals surface area contributed by atoms with Crippen LogP contribution in [0, 0.1) is 0 Å². The predicted molar refractivity (Wildman–Crippen MR) is 104 cm³/mol. The van der Waals surface area contributed by atoms with Crippen molar-refractivity contribution >= 4 is 34.4 Å². The van der Waals surface area contributed by atoms with E-state index < -0.39 is 23.5 Å². The summed E-state index contributed by atoms with van der Waals surface area (Å²) in [5.41, 5.74) is 0.591. The fourth-order valence-electron chi connectivity index (χ4n) is 3.34. The van der Waals surface area contributed by atoms with Gasteiger partial charge >= 0.3 is 5.97 Å². The van der Waals surface area contributed by atoms with Crippen molar-refractivity contribution in [2.45, 2.75) is 51.0 Å². The smallest absolute Gasteiger partial charge is 0.303 e. The van der Waals surface area contributed by atoms with Crippen molar-refractivity contribution in [2.24, 2.45) is 0 Å². The van der Waals surface area contributed by atoms with E-state index in [1.165, 1.54) is 0 Å². The summed E-state index contributed by atoms with van der Waals surface area (Å²) in [6.07, 6.45) is 3.71. The van der Waals surface area contributed by atoms with Crippen LogP contribution >= 0.6 is 0 Å². The zero-order valence-electron chi connectivity index (χ0n) is 15.9. The summed E-state index contributed by atoms with van der Waals surface area (Å²) in [4.78, 5) is 47.0. The maximum Gasteiger partial charge on any atom is 0.303 e. The highest BCUT2D eigenvalue weighted by Crippen LogP contribution is 2.20. The van der Waals surface area contributed by atoms with Gasteiger partial charge in [-0.2, -0.15) is 4.68 Å². The third kappa shape index (κ3) is 4.95. The summed E-state index contributed by atoms with van der Waals surface area (Å²) >= 11 is 0. The molecule has 1 atom stereocenters. The molecule has 1 aliphatic rings. The third-order valence-electron chi connectivity index (χ3n) is 4.85. The molecule has 1 fully saturated rings. The van der Waals surface area contributed by atoms with Crippen LogP contribution in [0.15, 0.2) is 23.0 Å². The molecule has 1 saturated heterocycles. The number of rotatable bonds is 9. The summed E-state index contributed by atoms with van der Waals surface area (Å²) in [6, 6.07) is 4.35. The van der Waals surface area contributed by atoms with Gasteiger partial charge < -0.3 is 10.4 Å². The van der Waals surface area contributed by atoms with Gasteiger partial charge in [-0.15, -0.1) is 5.10 Å². The number of piperidine rings is 1. The average molecular weight is 401 g/mol. The number of carboxylic acids is 1. The fraction of sp³-hybridized carbons (Fsp3) is 0.474. The van der Waals surface area contributed by atoms with Gasteiger partial charge in [0.15, 0.2) is 0 Å². The lowest BCUT2D eigenvalue weighted by atomic mass is 10.1. The number of imide groups is 1. The number of aromatic nitrogens is 3. The van der Waals surface area contributed by atoms with Crippen LogP contribution in [0.3, 0.4) is 0 Å². The first-order valence-electron chi connectivity index (χ1n) is 9.65. The summed E-state index contributed by atoms with van der Waals surface area (Å²) < 4.78 is 1.04. The first-order valence-corrected chi connectivity index (χ1v) is 9.65. The first-order chi connectivity index (χ1) is 14.0. The van der Waals surface area contributed by atoms with Crippen molar-refractivity contribution < 1.29 is 19.5 Å². The summed E-state index contributed by atoms with van der Waals surface area (Å²) in [7, 11) is 0. The highest BCUT2D eigenvalue weighted by Gasteiger charge is 2.30. The Hall–Kier alpha value is -3.30. The Labute approximate surface area is 166 Å². The molecule has 2 amide bonds. The molecule has 3 rings (SSSR count).